The maximum Gasteiger partial charge on any atom is 0.407 e. The summed E-state index contributed by atoms with van der Waals surface area (Å²) in [6.07, 6.45) is 0.463. The Kier molecular flexibility index (Phi) is 8.40. The lowest BCUT2D eigenvalue weighted by molar-refractivity contribution is -0.116. The fourth-order valence-electron chi connectivity index (χ4n) is 3.31. The van der Waals surface area contributed by atoms with E-state index in [0.717, 1.165) is 22.3 Å². The number of nitrogens with one attached hydrogen (secondary N) is 2. The summed E-state index contributed by atoms with van der Waals surface area (Å²) in [6.45, 7) is 2.50. The molecular weight excluding hydrogens is 402 g/mol. The maximum absolute atomic E-state index is 12.4. The first kappa shape index (κ1) is 23.0. The third kappa shape index (κ3) is 6.96. The van der Waals surface area contributed by atoms with Gasteiger partial charge in [0.2, 0.25) is 5.91 Å². The molecule has 32 heavy (non-hydrogen) atoms. The van der Waals surface area contributed by atoms with Gasteiger partial charge < -0.3 is 21.1 Å². The predicted molar refractivity (Wildman–Crippen MR) is 125 cm³/mol. The van der Waals surface area contributed by atoms with Crippen molar-refractivity contribution in [3.05, 3.63) is 101 Å². The van der Waals surface area contributed by atoms with Crippen molar-refractivity contribution in [2.75, 3.05) is 5.32 Å². The molecule has 6 heteroatoms. The monoisotopic (exact) mass is 430 g/mol. The Morgan fingerprint density at radius 3 is 2.66 bits per heavy atom. The highest BCUT2D eigenvalue weighted by molar-refractivity contribution is 5.91. The molecule has 0 aromatic heterocycles. The van der Waals surface area contributed by atoms with Crippen LogP contribution in [0.2, 0.25) is 0 Å². The largest absolute Gasteiger partial charge is 0.445 e. The van der Waals surface area contributed by atoms with Crippen LogP contribution < -0.4 is 16.4 Å². The Labute approximate surface area is 188 Å². The Bertz CT molecular complexity index is 1040. The Balaban J connectivity index is 1.50. The Morgan fingerprint density at radius 1 is 1.06 bits per heavy atom. The summed E-state index contributed by atoms with van der Waals surface area (Å²) in [7, 11) is 0. The van der Waals surface area contributed by atoms with E-state index in [1.807, 2.05) is 79.7 Å². The van der Waals surface area contributed by atoms with Gasteiger partial charge in [-0.15, -0.1) is 0 Å². The third-order valence-electron chi connectivity index (χ3n) is 5.11. The summed E-state index contributed by atoms with van der Waals surface area (Å²) < 4.78 is 5.28. The van der Waals surface area contributed by atoms with Gasteiger partial charge in [-0.05, 0) is 59.9 Å². The van der Waals surface area contributed by atoms with E-state index >= 15 is 0 Å². The van der Waals surface area contributed by atoms with E-state index in [9.17, 15) is 9.59 Å². The molecule has 6 nitrogen and oxygen atoms in total. The summed E-state index contributed by atoms with van der Waals surface area (Å²) in [5.41, 5.74) is 10.3. The van der Waals surface area contributed by atoms with Crippen LogP contribution in [0.1, 0.15) is 41.6 Å². The molecule has 0 saturated heterocycles. The molecule has 3 rings (SSSR count). The predicted octanol–water partition coefficient (Wildman–Crippen LogP) is 4.50. The molecule has 0 heterocycles. The SMILES string of the molecule is C[C@H](NC(=O)OCc1ccccc1)c1cccc(NC(=O)CCc2cc[c]cc2CN)c1. The van der Waals surface area contributed by atoms with Gasteiger partial charge in [0, 0.05) is 18.7 Å². The van der Waals surface area contributed by atoms with Crippen LogP contribution >= 0.6 is 0 Å². The summed E-state index contributed by atoms with van der Waals surface area (Å²) in [5, 5.41) is 5.74. The van der Waals surface area contributed by atoms with Crippen LogP contribution in [0.15, 0.2) is 72.8 Å². The number of alkyl carbamates (subject to hydrolysis) is 1. The molecule has 0 fully saturated rings. The van der Waals surface area contributed by atoms with Crippen molar-refractivity contribution in [1.82, 2.24) is 5.32 Å². The molecule has 0 unspecified atom stereocenters. The molecule has 0 spiro atoms. The van der Waals surface area contributed by atoms with E-state index in [1.165, 1.54) is 0 Å². The fraction of sp³-hybridized carbons (Fsp3) is 0.231. The number of carbonyl (C=O) groups is 2. The molecule has 0 aliphatic heterocycles. The number of hydrogen-bond acceptors (Lipinski definition) is 4. The van der Waals surface area contributed by atoms with E-state index in [-0.39, 0.29) is 18.6 Å². The van der Waals surface area contributed by atoms with Gasteiger partial charge in [0.1, 0.15) is 6.61 Å². The zero-order chi connectivity index (χ0) is 22.8. The maximum atomic E-state index is 12.4. The highest BCUT2D eigenvalue weighted by Crippen LogP contribution is 2.18. The minimum atomic E-state index is -0.494. The van der Waals surface area contributed by atoms with Gasteiger partial charge in [0.25, 0.3) is 0 Å². The van der Waals surface area contributed by atoms with E-state index < -0.39 is 6.09 Å². The van der Waals surface area contributed by atoms with Crippen molar-refractivity contribution in [2.45, 2.75) is 39.0 Å². The Hall–Kier alpha value is -3.64. The molecule has 0 aliphatic carbocycles. The molecule has 0 aliphatic rings. The molecular formula is C26H28N3O3. The zero-order valence-corrected chi connectivity index (χ0v) is 18.1. The lowest BCUT2D eigenvalue weighted by Crippen LogP contribution is -2.27. The van der Waals surface area contributed by atoms with Gasteiger partial charge >= 0.3 is 6.09 Å². The van der Waals surface area contributed by atoms with Crippen molar-refractivity contribution in [1.29, 1.82) is 0 Å². The van der Waals surface area contributed by atoms with E-state index in [4.69, 9.17) is 10.5 Å². The summed E-state index contributed by atoms with van der Waals surface area (Å²) >= 11 is 0. The second kappa shape index (κ2) is 11.7. The number of hydrogen-bond donors (Lipinski definition) is 3. The van der Waals surface area contributed by atoms with Crippen molar-refractivity contribution < 1.29 is 14.3 Å². The number of carbonyl (C=O) groups excluding carboxylic acids is 2. The van der Waals surface area contributed by atoms with Crippen LogP contribution in [0.4, 0.5) is 10.5 Å². The average molecular weight is 431 g/mol. The lowest BCUT2D eigenvalue weighted by Gasteiger charge is -2.16. The van der Waals surface area contributed by atoms with Crippen LogP contribution in [-0.2, 0) is 29.1 Å². The van der Waals surface area contributed by atoms with Gasteiger partial charge in [-0.3, -0.25) is 4.79 Å². The quantitative estimate of drug-likeness (QED) is 0.466. The standard InChI is InChI=1S/C26H28N3O3/c1-19(28-26(31)32-18-20-8-3-2-4-9-20)22-12-7-13-24(16-22)29-25(30)15-14-21-10-5-6-11-23(21)17-27/h2-5,7-13,16,19H,14-15,17-18,27H2,1H3,(H,28,31)(H,29,30)/t19-/m0/s1. The highest BCUT2D eigenvalue weighted by atomic mass is 16.5. The topological polar surface area (TPSA) is 93.5 Å². The van der Waals surface area contributed by atoms with Crippen LogP contribution in [0.25, 0.3) is 0 Å². The van der Waals surface area contributed by atoms with Gasteiger partial charge in [-0.25, -0.2) is 4.79 Å². The van der Waals surface area contributed by atoms with Crippen molar-refractivity contribution >= 4 is 17.7 Å². The van der Waals surface area contributed by atoms with Gasteiger partial charge in [0.15, 0.2) is 0 Å². The van der Waals surface area contributed by atoms with Gasteiger partial charge in [-0.2, -0.15) is 0 Å². The second-order valence-corrected chi connectivity index (χ2v) is 7.50. The smallest absolute Gasteiger partial charge is 0.407 e. The molecule has 3 aromatic carbocycles. The van der Waals surface area contributed by atoms with Crippen molar-refractivity contribution in [3.63, 3.8) is 0 Å². The van der Waals surface area contributed by atoms with E-state index in [1.54, 1.807) is 0 Å². The summed E-state index contributed by atoms with van der Waals surface area (Å²) in [5.74, 6) is -0.0826. The van der Waals surface area contributed by atoms with E-state index in [0.29, 0.717) is 25.1 Å². The molecule has 0 bridgehead atoms. The first-order chi connectivity index (χ1) is 15.5. The van der Waals surface area contributed by atoms with Crippen LogP contribution in [0.3, 0.4) is 0 Å². The molecule has 0 saturated carbocycles. The van der Waals surface area contributed by atoms with Crippen molar-refractivity contribution in [2.24, 2.45) is 5.73 Å². The number of rotatable bonds is 9. The summed E-state index contributed by atoms with van der Waals surface area (Å²) in [4.78, 5) is 24.5. The molecule has 1 radical (unpaired) electrons. The number of benzene rings is 3. The zero-order valence-electron chi connectivity index (χ0n) is 18.1. The normalized spacial score (nSPS) is 11.4. The lowest BCUT2D eigenvalue weighted by atomic mass is 10.0. The molecule has 1 atom stereocenters. The minimum Gasteiger partial charge on any atom is -0.445 e. The Morgan fingerprint density at radius 2 is 1.88 bits per heavy atom. The molecule has 2 amide bonds. The van der Waals surface area contributed by atoms with Gasteiger partial charge in [0.05, 0.1) is 6.04 Å². The highest BCUT2D eigenvalue weighted by Gasteiger charge is 2.12. The number of anilines is 1. The minimum absolute atomic E-state index is 0.0826. The average Bonchev–Trinajstić information content (AvgIpc) is 2.82. The molecule has 3 aromatic rings. The number of amides is 2. The number of ether oxygens (including phenoxy) is 1. The number of aryl methyl sites for hydroxylation is 1. The fourth-order valence-corrected chi connectivity index (χ4v) is 3.31. The van der Waals surface area contributed by atoms with Gasteiger partial charge in [-0.1, -0.05) is 54.6 Å². The van der Waals surface area contributed by atoms with E-state index in [2.05, 4.69) is 16.7 Å². The second-order valence-electron chi connectivity index (χ2n) is 7.50. The van der Waals surface area contributed by atoms with Crippen LogP contribution in [0.5, 0.6) is 0 Å². The first-order valence-electron chi connectivity index (χ1n) is 10.6. The van der Waals surface area contributed by atoms with Crippen LogP contribution in [-0.4, -0.2) is 12.0 Å². The summed E-state index contributed by atoms with van der Waals surface area (Å²) in [6, 6.07) is 25.3. The number of nitrogens with two attached hydrogens (primary N) is 1. The van der Waals surface area contributed by atoms with Crippen LogP contribution in [0, 0.1) is 6.07 Å². The first-order valence-corrected chi connectivity index (χ1v) is 10.6. The van der Waals surface area contributed by atoms with Crippen molar-refractivity contribution in [3.8, 4) is 0 Å². The molecule has 165 valence electrons. The molecule has 4 N–H and O–H groups in total. The third-order valence-corrected chi connectivity index (χ3v) is 5.11.